The first-order chi connectivity index (χ1) is 8.61. The molecule has 4 nitrogen and oxygen atoms in total. The van der Waals surface area contributed by atoms with Gasteiger partial charge in [0.05, 0.1) is 0 Å². The van der Waals surface area contributed by atoms with Gasteiger partial charge < -0.3 is 16.0 Å². The first kappa shape index (κ1) is 17.2. The zero-order chi connectivity index (χ0) is 13.8. The summed E-state index contributed by atoms with van der Waals surface area (Å²) in [6.45, 7) is 9.38. The van der Waals surface area contributed by atoms with Crippen LogP contribution in [0.2, 0.25) is 0 Å². The number of nitrogens with one attached hydrogen (secondary N) is 1. The van der Waals surface area contributed by atoms with Crippen molar-refractivity contribution in [1.29, 1.82) is 0 Å². The van der Waals surface area contributed by atoms with E-state index >= 15 is 0 Å². The molecule has 0 heterocycles. The third-order valence-corrected chi connectivity index (χ3v) is 3.41. The van der Waals surface area contributed by atoms with E-state index in [4.69, 9.17) is 5.73 Å². The molecule has 0 aliphatic rings. The molecule has 0 aliphatic carbocycles. The molecular weight excluding hydrogens is 224 g/mol. The molecule has 1 atom stereocenters. The Morgan fingerprint density at radius 2 is 2.00 bits per heavy atom. The van der Waals surface area contributed by atoms with E-state index in [1.165, 1.54) is 25.7 Å². The first-order valence-electron chi connectivity index (χ1n) is 7.35. The van der Waals surface area contributed by atoms with Gasteiger partial charge in [0.2, 0.25) is 0 Å². The van der Waals surface area contributed by atoms with Gasteiger partial charge >= 0.3 is 0 Å². The van der Waals surface area contributed by atoms with Gasteiger partial charge in [-0.1, -0.05) is 33.1 Å². The lowest BCUT2D eigenvalue weighted by molar-refractivity contribution is 0.256. The third kappa shape index (κ3) is 9.28. The van der Waals surface area contributed by atoms with Crippen molar-refractivity contribution in [3.63, 3.8) is 0 Å². The Morgan fingerprint density at radius 1 is 1.28 bits per heavy atom. The van der Waals surface area contributed by atoms with Crippen molar-refractivity contribution in [3.05, 3.63) is 0 Å². The molecule has 0 aromatic carbocycles. The smallest absolute Gasteiger partial charge is 0.188 e. The predicted molar refractivity (Wildman–Crippen MR) is 81.0 cm³/mol. The highest BCUT2D eigenvalue weighted by Crippen LogP contribution is 1.99. The van der Waals surface area contributed by atoms with Gasteiger partial charge in [-0.25, -0.2) is 0 Å². The fourth-order valence-electron chi connectivity index (χ4n) is 1.69. The predicted octanol–water partition coefficient (Wildman–Crippen LogP) is 2.20. The van der Waals surface area contributed by atoms with Crippen molar-refractivity contribution >= 4 is 5.96 Å². The SMILES string of the molecule is CCCCCCN=C(N)NCCN(C)C(C)CC. The van der Waals surface area contributed by atoms with Gasteiger partial charge in [0.15, 0.2) is 5.96 Å². The van der Waals surface area contributed by atoms with Crippen LogP contribution in [-0.2, 0) is 0 Å². The largest absolute Gasteiger partial charge is 0.370 e. The van der Waals surface area contributed by atoms with Crippen molar-refractivity contribution < 1.29 is 0 Å². The van der Waals surface area contributed by atoms with Gasteiger partial charge in [-0.15, -0.1) is 0 Å². The number of aliphatic imine (C=N–C) groups is 1. The lowest BCUT2D eigenvalue weighted by Crippen LogP contribution is -2.40. The fourth-order valence-corrected chi connectivity index (χ4v) is 1.69. The van der Waals surface area contributed by atoms with E-state index in [0.29, 0.717) is 12.0 Å². The van der Waals surface area contributed by atoms with E-state index < -0.39 is 0 Å². The van der Waals surface area contributed by atoms with Gasteiger partial charge in [0.1, 0.15) is 0 Å². The molecule has 18 heavy (non-hydrogen) atoms. The third-order valence-electron chi connectivity index (χ3n) is 3.41. The Labute approximate surface area is 113 Å². The minimum Gasteiger partial charge on any atom is -0.370 e. The van der Waals surface area contributed by atoms with Gasteiger partial charge in [0, 0.05) is 25.7 Å². The number of rotatable bonds is 10. The lowest BCUT2D eigenvalue weighted by Gasteiger charge is -2.23. The van der Waals surface area contributed by atoms with E-state index in [1.54, 1.807) is 0 Å². The number of hydrogen-bond donors (Lipinski definition) is 2. The standard InChI is InChI=1S/C14H32N4/c1-5-7-8-9-10-16-14(15)17-11-12-18(4)13(3)6-2/h13H,5-12H2,1-4H3,(H3,15,16,17). The molecule has 0 amide bonds. The van der Waals surface area contributed by atoms with Crippen LogP contribution in [0.25, 0.3) is 0 Å². The monoisotopic (exact) mass is 256 g/mol. The number of nitrogens with two attached hydrogens (primary N) is 1. The molecule has 0 aliphatic heterocycles. The van der Waals surface area contributed by atoms with E-state index in [9.17, 15) is 0 Å². The maximum atomic E-state index is 5.80. The summed E-state index contributed by atoms with van der Waals surface area (Å²) in [4.78, 5) is 6.66. The van der Waals surface area contributed by atoms with E-state index in [0.717, 1.165) is 26.1 Å². The zero-order valence-corrected chi connectivity index (χ0v) is 12.7. The van der Waals surface area contributed by atoms with Gasteiger partial charge in [-0.2, -0.15) is 0 Å². The molecule has 1 unspecified atom stereocenters. The summed E-state index contributed by atoms with van der Waals surface area (Å²) in [6, 6.07) is 0.624. The average Bonchev–Trinajstić information content (AvgIpc) is 2.37. The molecule has 0 spiro atoms. The van der Waals surface area contributed by atoms with Crippen molar-refractivity contribution in [2.75, 3.05) is 26.7 Å². The van der Waals surface area contributed by atoms with Crippen LogP contribution >= 0.6 is 0 Å². The van der Waals surface area contributed by atoms with Crippen LogP contribution in [0, 0.1) is 0 Å². The van der Waals surface area contributed by atoms with Crippen molar-refractivity contribution in [2.24, 2.45) is 10.7 Å². The molecule has 0 saturated carbocycles. The summed E-state index contributed by atoms with van der Waals surface area (Å²) < 4.78 is 0. The quantitative estimate of drug-likeness (QED) is 0.358. The summed E-state index contributed by atoms with van der Waals surface area (Å²) in [5, 5.41) is 3.17. The number of nitrogens with zero attached hydrogens (tertiary/aromatic N) is 2. The molecule has 0 rings (SSSR count). The minimum absolute atomic E-state index is 0.587. The summed E-state index contributed by atoms with van der Waals surface area (Å²) >= 11 is 0. The summed E-state index contributed by atoms with van der Waals surface area (Å²) in [5.41, 5.74) is 5.80. The van der Waals surface area contributed by atoms with Crippen LogP contribution in [0.15, 0.2) is 4.99 Å². The lowest BCUT2D eigenvalue weighted by atomic mass is 10.2. The number of likely N-dealkylation sites (N-methyl/N-ethyl adjacent to an activating group) is 1. The molecule has 3 N–H and O–H groups in total. The van der Waals surface area contributed by atoms with Crippen LogP contribution in [0.4, 0.5) is 0 Å². The summed E-state index contributed by atoms with van der Waals surface area (Å²) in [7, 11) is 2.15. The Bertz CT molecular complexity index is 216. The molecule has 4 heteroatoms. The van der Waals surface area contributed by atoms with Crippen molar-refractivity contribution in [3.8, 4) is 0 Å². The normalized spacial score (nSPS) is 13.9. The number of guanidine groups is 1. The second-order valence-electron chi connectivity index (χ2n) is 4.99. The van der Waals surface area contributed by atoms with E-state index in [1.807, 2.05) is 0 Å². The molecule has 108 valence electrons. The Kier molecular flexibility index (Phi) is 10.8. The summed E-state index contributed by atoms with van der Waals surface area (Å²) in [5.74, 6) is 0.587. The zero-order valence-electron chi connectivity index (χ0n) is 12.7. The van der Waals surface area contributed by atoms with Crippen LogP contribution in [-0.4, -0.2) is 43.6 Å². The molecule has 0 fully saturated rings. The van der Waals surface area contributed by atoms with E-state index in [2.05, 4.69) is 43.0 Å². The molecule has 0 aromatic heterocycles. The highest BCUT2D eigenvalue weighted by Gasteiger charge is 2.05. The maximum Gasteiger partial charge on any atom is 0.188 e. The Balaban J connectivity index is 3.56. The molecule has 0 aromatic rings. The number of hydrogen-bond acceptors (Lipinski definition) is 2. The Hall–Kier alpha value is -0.770. The topological polar surface area (TPSA) is 53.6 Å². The molecular formula is C14H32N4. The van der Waals surface area contributed by atoms with Gasteiger partial charge in [-0.05, 0) is 26.8 Å². The van der Waals surface area contributed by atoms with E-state index in [-0.39, 0.29) is 0 Å². The second-order valence-corrected chi connectivity index (χ2v) is 4.99. The maximum absolute atomic E-state index is 5.80. The van der Waals surface area contributed by atoms with Crippen molar-refractivity contribution in [2.45, 2.75) is 58.9 Å². The molecule has 0 bridgehead atoms. The van der Waals surface area contributed by atoms with Gasteiger partial charge in [-0.3, -0.25) is 4.99 Å². The molecule has 0 radical (unpaired) electrons. The Morgan fingerprint density at radius 3 is 2.61 bits per heavy atom. The van der Waals surface area contributed by atoms with Crippen molar-refractivity contribution in [1.82, 2.24) is 10.2 Å². The van der Waals surface area contributed by atoms with Crippen LogP contribution in [0.5, 0.6) is 0 Å². The molecule has 0 saturated heterocycles. The van der Waals surface area contributed by atoms with Crippen LogP contribution in [0.3, 0.4) is 0 Å². The van der Waals surface area contributed by atoms with Gasteiger partial charge in [0.25, 0.3) is 0 Å². The average molecular weight is 256 g/mol. The van der Waals surface area contributed by atoms with Crippen LogP contribution in [0.1, 0.15) is 52.9 Å². The first-order valence-corrected chi connectivity index (χ1v) is 7.35. The highest BCUT2D eigenvalue weighted by molar-refractivity contribution is 5.77. The fraction of sp³-hybridized carbons (Fsp3) is 0.929. The number of unbranched alkanes of at least 4 members (excludes halogenated alkanes) is 3. The second kappa shape index (κ2) is 11.3. The highest BCUT2D eigenvalue weighted by atomic mass is 15.2. The van der Waals surface area contributed by atoms with Crippen LogP contribution < -0.4 is 11.1 Å². The minimum atomic E-state index is 0.587. The summed E-state index contributed by atoms with van der Waals surface area (Å²) in [6.07, 6.45) is 6.13.